The van der Waals surface area contributed by atoms with Gasteiger partial charge < -0.3 is 10.1 Å². The summed E-state index contributed by atoms with van der Waals surface area (Å²) in [5.74, 6) is 1.42. The monoisotopic (exact) mass is 295 g/mol. The Bertz CT molecular complexity index is 386. The number of ether oxygens (including phenoxy) is 1. The van der Waals surface area contributed by atoms with Gasteiger partial charge in [-0.15, -0.1) is 0 Å². The highest BCUT2D eigenvalue weighted by molar-refractivity contribution is 6.30. The Morgan fingerprint density at radius 2 is 1.95 bits per heavy atom. The molecule has 2 rings (SSSR count). The number of hydrogen-bond donors (Lipinski definition) is 1. The minimum Gasteiger partial charge on any atom is -0.381 e. The molecule has 1 fully saturated rings. The maximum Gasteiger partial charge on any atom is 0.0489 e. The van der Waals surface area contributed by atoms with Crippen LogP contribution in [0.2, 0.25) is 5.02 Å². The summed E-state index contributed by atoms with van der Waals surface area (Å²) in [5, 5.41) is 4.49. The Morgan fingerprint density at radius 1 is 1.25 bits per heavy atom. The van der Waals surface area contributed by atoms with Crippen molar-refractivity contribution in [1.29, 1.82) is 0 Å². The number of nitrogens with one attached hydrogen (secondary N) is 1. The fraction of sp³-hybridized carbons (Fsp3) is 0.647. The standard InChI is InChI=1S/C17H26ClNO/c1-13(2)12-20-11-3-10-19-17(14-4-5-14)15-6-8-16(18)9-7-15/h6-9,13-14,17,19H,3-5,10-12H2,1-2H3. The molecule has 0 heterocycles. The largest absolute Gasteiger partial charge is 0.381 e. The molecule has 0 aromatic heterocycles. The van der Waals surface area contributed by atoms with Crippen LogP contribution in [-0.4, -0.2) is 19.8 Å². The van der Waals surface area contributed by atoms with E-state index in [0.29, 0.717) is 12.0 Å². The quantitative estimate of drug-likeness (QED) is 0.680. The lowest BCUT2D eigenvalue weighted by Crippen LogP contribution is -2.25. The minimum atomic E-state index is 0.484. The first-order valence-corrected chi connectivity index (χ1v) is 8.11. The maximum absolute atomic E-state index is 5.96. The van der Waals surface area contributed by atoms with Gasteiger partial charge in [0.05, 0.1) is 0 Å². The summed E-state index contributed by atoms with van der Waals surface area (Å²) in [4.78, 5) is 0. The van der Waals surface area contributed by atoms with Crippen LogP contribution in [0.1, 0.15) is 44.7 Å². The first-order chi connectivity index (χ1) is 9.66. The summed E-state index contributed by atoms with van der Waals surface area (Å²) >= 11 is 5.96. The zero-order valence-corrected chi connectivity index (χ0v) is 13.3. The van der Waals surface area contributed by atoms with E-state index in [9.17, 15) is 0 Å². The molecule has 2 nitrogen and oxygen atoms in total. The molecular weight excluding hydrogens is 270 g/mol. The molecule has 112 valence electrons. The lowest BCUT2D eigenvalue weighted by molar-refractivity contribution is 0.107. The molecule has 1 N–H and O–H groups in total. The molecule has 0 amide bonds. The molecular formula is C17H26ClNO. The molecule has 1 unspecified atom stereocenters. The van der Waals surface area contributed by atoms with E-state index in [-0.39, 0.29) is 0 Å². The molecule has 3 heteroatoms. The molecule has 0 bridgehead atoms. The van der Waals surface area contributed by atoms with Crippen molar-refractivity contribution in [2.75, 3.05) is 19.8 Å². The molecule has 1 aromatic carbocycles. The third-order valence-electron chi connectivity index (χ3n) is 3.60. The number of hydrogen-bond acceptors (Lipinski definition) is 2. The molecule has 1 aliphatic carbocycles. The summed E-state index contributed by atoms with van der Waals surface area (Å²) in [5.41, 5.74) is 1.36. The fourth-order valence-corrected chi connectivity index (χ4v) is 2.53. The van der Waals surface area contributed by atoms with E-state index in [1.165, 1.54) is 18.4 Å². The lowest BCUT2D eigenvalue weighted by Gasteiger charge is -2.19. The molecule has 1 aromatic rings. The van der Waals surface area contributed by atoms with Crippen LogP contribution in [0.3, 0.4) is 0 Å². The van der Waals surface area contributed by atoms with Gasteiger partial charge in [0.2, 0.25) is 0 Å². The SMILES string of the molecule is CC(C)COCCCNC(c1ccc(Cl)cc1)C1CC1. The maximum atomic E-state index is 5.96. The van der Waals surface area contributed by atoms with E-state index in [1.807, 2.05) is 12.1 Å². The van der Waals surface area contributed by atoms with Crippen molar-refractivity contribution in [3.8, 4) is 0 Å². The summed E-state index contributed by atoms with van der Waals surface area (Å²) in [6.45, 7) is 7.10. The van der Waals surface area contributed by atoms with E-state index in [0.717, 1.165) is 37.1 Å². The van der Waals surface area contributed by atoms with Crippen LogP contribution in [0, 0.1) is 11.8 Å². The number of rotatable bonds is 9. The van der Waals surface area contributed by atoms with Crippen LogP contribution in [-0.2, 0) is 4.74 Å². The molecule has 1 atom stereocenters. The topological polar surface area (TPSA) is 21.3 Å². The third kappa shape index (κ3) is 5.43. The van der Waals surface area contributed by atoms with Gasteiger partial charge in [0.25, 0.3) is 0 Å². The normalized spacial score (nSPS) is 16.6. The van der Waals surface area contributed by atoms with Gasteiger partial charge in [-0.2, -0.15) is 0 Å². The highest BCUT2D eigenvalue weighted by Crippen LogP contribution is 2.41. The van der Waals surface area contributed by atoms with Gasteiger partial charge in [-0.25, -0.2) is 0 Å². The van der Waals surface area contributed by atoms with Crippen LogP contribution in [0.25, 0.3) is 0 Å². The van der Waals surface area contributed by atoms with Gasteiger partial charge in [-0.1, -0.05) is 37.6 Å². The average molecular weight is 296 g/mol. The Morgan fingerprint density at radius 3 is 2.55 bits per heavy atom. The smallest absolute Gasteiger partial charge is 0.0489 e. The molecule has 0 radical (unpaired) electrons. The summed E-state index contributed by atoms with van der Waals surface area (Å²) in [6, 6.07) is 8.75. The number of benzene rings is 1. The van der Waals surface area contributed by atoms with E-state index in [2.05, 4.69) is 31.3 Å². The molecule has 0 spiro atoms. The van der Waals surface area contributed by atoms with E-state index < -0.39 is 0 Å². The summed E-state index contributed by atoms with van der Waals surface area (Å²) < 4.78 is 5.62. The van der Waals surface area contributed by atoms with Crippen molar-refractivity contribution in [3.63, 3.8) is 0 Å². The highest BCUT2D eigenvalue weighted by atomic mass is 35.5. The van der Waals surface area contributed by atoms with E-state index in [1.54, 1.807) is 0 Å². The Kier molecular flexibility index (Phi) is 6.34. The van der Waals surface area contributed by atoms with Crippen LogP contribution in [0.5, 0.6) is 0 Å². The number of halogens is 1. The van der Waals surface area contributed by atoms with Gasteiger partial charge in [-0.05, 0) is 55.3 Å². The van der Waals surface area contributed by atoms with Gasteiger partial charge in [0, 0.05) is 24.3 Å². The van der Waals surface area contributed by atoms with Crippen LogP contribution in [0.15, 0.2) is 24.3 Å². The zero-order valence-electron chi connectivity index (χ0n) is 12.6. The van der Waals surface area contributed by atoms with Crippen molar-refractivity contribution in [1.82, 2.24) is 5.32 Å². The zero-order chi connectivity index (χ0) is 14.4. The van der Waals surface area contributed by atoms with Gasteiger partial charge in [0.15, 0.2) is 0 Å². The lowest BCUT2D eigenvalue weighted by atomic mass is 10.0. The average Bonchev–Trinajstić information content (AvgIpc) is 3.23. The van der Waals surface area contributed by atoms with Crippen molar-refractivity contribution in [2.45, 2.75) is 39.2 Å². The second kappa shape index (κ2) is 8.02. The van der Waals surface area contributed by atoms with Crippen LogP contribution >= 0.6 is 11.6 Å². The molecule has 1 saturated carbocycles. The van der Waals surface area contributed by atoms with Crippen LogP contribution < -0.4 is 5.32 Å². The van der Waals surface area contributed by atoms with Crippen molar-refractivity contribution in [2.24, 2.45) is 11.8 Å². The second-order valence-electron chi connectivity index (χ2n) is 6.14. The minimum absolute atomic E-state index is 0.484. The Balaban J connectivity index is 1.72. The van der Waals surface area contributed by atoms with Crippen molar-refractivity contribution in [3.05, 3.63) is 34.9 Å². The summed E-state index contributed by atoms with van der Waals surface area (Å²) in [6.07, 6.45) is 3.75. The second-order valence-corrected chi connectivity index (χ2v) is 6.58. The molecule has 1 aliphatic rings. The van der Waals surface area contributed by atoms with Crippen molar-refractivity contribution >= 4 is 11.6 Å². The first kappa shape index (κ1) is 15.8. The van der Waals surface area contributed by atoms with Gasteiger partial charge in [0.1, 0.15) is 0 Å². The predicted octanol–water partition coefficient (Wildman–Crippen LogP) is 4.44. The fourth-order valence-electron chi connectivity index (χ4n) is 2.41. The van der Waals surface area contributed by atoms with E-state index >= 15 is 0 Å². The molecule has 0 aliphatic heterocycles. The first-order valence-electron chi connectivity index (χ1n) is 7.73. The Labute approximate surface area is 127 Å². The van der Waals surface area contributed by atoms with E-state index in [4.69, 9.17) is 16.3 Å². The third-order valence-corrected chi connectivity index (χ3v) is 3.86. The molecule has 20 heavy (non-hydrogen) atoms. The highest BCUT2D eigenvalue weighted by Gasteiger charge is 2.31. The summed E-state index contributed by atoms with van der Waals surface area (Å²) in [7, 11) is 0. The molecule has 0 saturated heterocycles. The van der Waals surface area contributed by atoms with Gasteiger partial charge in [-0.3, -0.25) is 0 Å². The van der Waals surface area contributed by atoms with Crippen LogP contribution in [0.4, 0.5) is 0 Å². The van der Waals surface area contributed by atoms with Gasteiger partial charge >= 0.3 is 0 Å². The predicted molar refractivity (Wildman–Crippen MR) is 85.2 cm³/mol. The Hall–Kier alpha value is -0.570. The van der Waals surface area contributed by atoms with Crippen molar-refractivity contribution < 1.29 is 4.74 Å².